The van der Waals surface area contributed by atoms with Gasteiger partial charge in [0.15, 0.2) is 0 Å². The lowest BCUT2D eigenvalue weighted by Gasteiger charge is -2.17. The van der Waals surface area contributed by atoms with Gasteiger partial charge < -0.3 is 20.9 Å². The summed E-state index contributed by atoms with van der Waals surface area (Å²) in [6, 6.07) is 0. The lowest BCUT2D eigenvalue weighted by atomic mass is 10.4. The molecule has 1 aromatic heterocycles. The number of carbonyl (C=O) groups excluding carboxylic acids is 1. The number of nitrogens with two attached hydrogens (primary N) is 1. The summed E-state index contributed by atoms with van der Waals surface area (Å²) in [7, 11) is 0. The lowest BCUT2D eigenvalue weighted by molar-refractivity contribution is -0.128. The van der Waals surface area contributed by atoms with Crippen molar-refractivity contribution in [3.05, 3.63) is 0 Å². The molecule has 0 atom stereocenters. The number of hydrogen-bond donors (Lipinski definition) is 2. The van der Waals surface area contributed by atoms with Crippen LogP contribution in [0.5, 0.6) is 0 Å². The number of likely N-dealkylation sites (tertiary alicyclic amines) is 1. The molecule has 0 aliphatic carbocycles. The molecule has 2 aliphatic heterocycles. The third kappa shape index (κ3) is 3.32. The molecular weight excluding hydrogens is 270 g/mol. The van der Waals surface area contributed by atoms with E-state index in [4.69, 9.17) is 5.73 Å². The average Bonchev–Trinajstić information content (AvgIpc) is 3.16. The minimum absolute atomic E-state index is 0.0780. The molecule has 1 amide bonds. The van der Waals surface area contributed by atoms with Crippen LogP contribution in [0.4, 0.5) is 17.8 Å². The van der Waals surface area contributed by atoms with E-state index in [1.54, 1.807) is 0 Å². The number of aromatic nitrogens is 3. The van der Waals surface area contributed by atoms with Crippen molar-refractivity contribution < 1.29 is 4.79 Å². The van der Waals surface area contributed by atoms with Crippen LogP contribution in [-0.4, -0.2) is 58.5 Å². The van der Waals surface area contributed by atoms with E-state index in [2.05, 4.69) is 25.2 Å². The Bertz CT molecular complexity index is 509. The number of hydrogen-bond acceptors (Lipinski definition) is 7. The van der Waals surface area contributed by atoms with E-state index in [1.165, 1.54) is 0 Å². The SMILES string of the molecule is Nc1nc(NCC(=O)N2CCCC2)nc(N2CCCC2)n1. The highest BCUT2D eigenvalue weighted by Crippen LogP contribution is 2.17. The quantitative estimate of drug-likeness (QED) is 0.810. The van der Waals surface area contributed by atoms with Crippen molar-refractivity contribution in [2.45, 2.75) is 25.7 Å². The maximum atomic E-state index is 12.0. The third-order valence-corrected chi connectivity index (χ3v) is 3.89. The van der Waals surface area contributed by atoms with Gasteiger partial charge in [0.25, 0.3) is 0 Å². The zero-order chi connectivity index (χ0) is 14.7. The standard InChI is InChI=1S/C13H21N7O/c14-11-16-12(15-9-10(21)19-5-1-2-6-19)18-13(17-11)20-7-3-4-8-20/h1-9H2,(H3,14,15,16,17,18). The Labute approximate surface area is 123 Å². The predicted octanol–water partition coefficient (Wildman–Crippen LogP) is 0.0883. The van der Waals surface area contributed by atoms with E-state index < -0.39 is 0 Å². The second-order valence-corrected chi connectivity index (χ2v) is 5.45. The predicted molar refractivity (Wildman–Crippen MR) is 80.0 cm³/mol. The van der Waals surface area contributed by atoms with Gasteiger partial charge in [-0.3, -0.25) is 4.79 Å². The number of nitrogens with zero attached hydrogens (tertiary/aromatic N) is 5. The molecule has 114 valence electrons. The number of nitrogens with one attached hydrogen (secondary N) is 1. The van der Waals surface area contributed by atoms with Gasteiger partial charge in [-0.15, -0.1) is 0 Å². The molecule has 0 spiro atoms. The highest BCUT2D eigenvalue weighted by atomic mass is 16.2. The number of anilines is 3. The number of amides is 1. The van der Waals surface area contributed by atoms with Crippen LogP contribution in [0.3, 0.4) is 0 Å². The Morgan fingerprint density at radius 2 is 1.71 bits per heavy atom. The zero-order valence-corrected chi connectivity index (χ0v) is 12.1. The minimum Gasteiger partial charge on any atom is -0.368 e. The average molecular weight is 291 g/mol. The Balaban J connectivity index is 1.63. The molecule has 3 rings (SSSR count). The number of rotatable bonds is 4. The highest BCUT2D eigenvalue weighted by molar-refractivity contribution is 5.80. The van der Waals surface area contributed by atoms with E-state index >= 15 is 0 Å². The molecule has 2 fully saturated rings. The van der Waals surface area contributed by atoms with Crippen LogP contribution in [0.15, 0.2) is 0 Å². The van der Waals surface area contributed by atoms with Crippen LogP contribution in [0.2, 0.25) is 0 Å². The van der Waals surface area contributed by atoms with Gasteiger partial charge in [0.05, 0.1) is 6.54 Å². The third-order valence-electron chi connectivity index (χ3n) is 3.89. The molecule has 3 N–H and O–H groups in total. The number of carbonyl (C=O) groups is 1. The summed E-state index contributed by atoms with van der Waals surface area (Å²) < 4.78 is 0. The molecule has 0 bridgehead atoms. The second kappa shape index (κ2) is 6.11. The first-order chi connectivity index (χ1) is 10.2. The van der Waals surface area contributed by atoms with Gasteiger partial charge in [-0.1, -0.05) is 0 Å². The van der Waals surface area contributed by atoms with Crippen LogP contribution in [-0.2, 0) is 4.79 Å². The summed E-state index contributed by atoms with van der Waals surface area (Å²) in [6.45, 7) is 3.77. The monoisotopic (exact) mass is 291 g/mol. The Kier molecular flexibility index (Phi) is 4.03. The van der Waals surface area contributed by atoms with Crippen molar-refractivity contribution in [3.63, 3.8) is 0 Å². The molecule has 8 heteroatoms. The first-order valence-electron chi connectivity index (χ1n) is 7.50. The summed E-state index contributed by atoms with van der Waals surface area (Å²) >= 11 is 0. The van der Waals surface area contributed by atoms with Gasteiger partial charge in [-0.2, -0.15) is 15.0 Å². The van der Waals surface area contributed by atoms with Crippen molar-refractivity contribution in [3.8, 4) is 0 Å². The summed E-state index contributed by atoms with van der Waals surface area (Å²) in [4.78, 5) is 28.5. The Morgan fingerprint density at radius 1 is 1.05 bits per heavy atom. The number of nitrogen functional groups attached to an aromatic ring is 1. The maximum absolute atomic E-state index is 12.0. The van der Waals surface area contributed by atoms with Gasteiger partial charge in [-0.25, -0.2) is 0 Å². The van der Waals surface area contributed by atoms with E-state index in [9.17, 15) is 4.79 Å². The van der Waals surface area contributed by atoms with Gasteiger partial charge in [0.1, 0.15) is 0 Å². The zero-order valence-electron chi connectivity index (χ0n) is 12.1. The van der Waals surface area contributed by atoms with Crippen LogP contribution >= 0.6 is 0 Å². The maximum Gasteiger partial charge on any atom is 0.241 e. The van der Waals surface area contributed by atoms with Crippen LogP contribution in [0.1, 0.15) is 25.7 Å². The van der Waals surface area contributed by atoms with Gasteiger partial charge >= 0.3 is 0 Å². The van der Waals surface area contributed by atoms with Gasteiger partial charge in [-0.05, 0) is 25.7 Å². The molecule has 21 heavy (non-hydrogen) atoms. The summed E-state index contributed by atoms with van der Waals surface area (Å²) in [6.07, 6.45) is 4.46. The Morgan fingerprint density at radius 3 is 2.43 bits per heavy atom. The van der Waals surface area contributed by atoms with E-state index in [-0.39, 0.29) is 18.4 Å². The van der Waals surface area contributed by atoms with Crippen molar-refractivity contribution in [2.24, 2.45) is 0 Å². The molecule has 0 unspecified atom stereocenters. The van der Waals surface area contributed by atoms with Gasteiger partial charge in [0.2, 0.25) is 23.8 Å². The fraction of sp³-hybridized carbons (Fsp3) is 0.692. The van der Waals surface area contributed by atoms with E-state index in [1.807, 2.05) is 4.90 Å². The van der Waals surface area contributed by atoms with Crippen molar-refractivity contribution >= 4 is 23.8 Å². The first-order valence-corrected chi connectivity index (χ1v) is 7.50. The van der Waals surface area contributed by atoms with Crippen LogP contribution in [0, 0.1) is 0 Å². The molecule has 1 aromatic rings. The Hall–Kier alpha value is -2.12. The van der Waals surface area contributed by atoms with Crippen molar-refractivity contribution in [2.75, 3.05) is 48.7 Å². The topological polar surface area (TPSA) is 100 Å². The van der Waals surface area contributed by atoms with Gasteiger partial charge in [0, 0.05) is 26.2 Å². The molecule has 0 radical (unpaired) electrons. The van der Waals surface area contributed by atoms with Crippen LogP contribution < -0.4 is 16.0 Å². The smallest absolute Gasteiger partial charge is 0.241 e. The molecule has 8 nitrogen and oxygen atoms in total. The minimum atomic E-state index is 0.0780. The summed E-state index contributed by atoms with van der Waals surface area (Å²) in [5, 5.41) is 2.97. The second-order valence-electron chi connectivity index (χ2n) is 5.45. The van der Waals surface area contributed by atoms with Crippen LogP contribution in [0.25, 0.3) is 0 Å². The molecule has 0 saturated carbocycles. The van der Waals surface area contributed by atoms with Crippen molar-refractivity contribution in [1.29, 1.82) is 0 Å². The molecule has 2 saturated heterocycles. The van der Waals surface area contributed by atoms with E-state index in [0.29, 0.717) is 11.9 Å². The highest BCUT2D eigenvalue weighted by Gasteiger charge is 2.19. The molecule has 0 aromatic carbocycles. The summed E-state index contributed by atoms with van der Waals surface area (Å²) in [5.41, 5.74) is 5.73. The lowest BCUT2D eigenvalue weighted by Crippen LogP contribution is -2.33. The molecular formula is C13H21N7O. The van der Waals surface area contributed by atoms with E-state index in [0.717, 1.165) is 51.9 Å². The first kappa shape index (κ1) is 13.8. The van der Waals surface area contributed by atoms with Crippen molar-refractivity contribution in [1.82, 2.24) is 19.9 Å². The molecule has 2 aliphatic rings. The summed E-state index contributed by atoms with van der Waals surface area (Å²) in [5.74, 6) is 1.23. The normalized spacial score (nSPS) is 18.3. The fourth-order valence-electron chi connectivity index (χ4n) is 2.75. The fourth-order valence-corrected chi connectivity index (χ4v) is 2.75. The molecule has 3 heterocycles. The largest absolute Gasteiger partial charge is 0.368 e.